The summed E-state index contributed by atoms with van der Waals surface area (Å²) in [6.07, 6.45) is 3.22. The molecular weight excluding hydrogens is 432 g/mol. The van der Waals surface area contributed by atoms with Gasteiger partial charge in [0.1, 0.15) is 29.1 Å². The maximum atomic E-state index is 13.1. The second kappa shape index (κ2) is 8.76. The van der Waals surface area contributed by atoms with Crippen LogP contribution >= 0.6 is 11.6 Å². The number of aromatic nitrogens is 3. The van der Waals surface area contributed by atoms with Crippen molar-refractivity contribution >= 4 is 34.2 Å². The molecule has 4 rings (SSSR count). The second-order valence-electron chi connectivity index (χ2n) is 7.15. The van der Waals surface area contributed by atoms with Gasteiger partial charge in [-0.1, -0.05) is 23.7 Å². The van der Waals surface area contributed by atoms with E-state index in [9.17, 15) is 9.59 Å². The largest absolute Gasteiger partial charge is 0.497 e. The second-order valence-corrected chi connectivity index (χ2v) is 7.59. The topological polar surface area (TPSA) is 87.4 Å². The number of hydrogen-bond acceptors (Lipinski definition) is 5. The van der Waals surface area contributed by atoms with Gasteiger partial charge in [-0.2, -0.15) is 0 Å². The molecule has 1 N–H and O–H groups in total. The van der Waals surface area contributed by atoms with E-state index >= 15 is 0 Å². The molecule has 9 heteroatoms. The Morgan fingerprint density at radius 2 is 1.97 bits per heavy atom. The van der Waals surface area contributed by atoms with Gasteiger partial charge in [0.15, 0.2) is 0 Å². The number of nitrogens with one attached hydrogen (secondary N) is 1. The molecule has 0 unspecified atom stereocenters. The number of fused-ring (bicyclic) bond motifs is 1. The third-order valence-corrected chi connectivity index (χ3v) is 5.31. The van der Waals surface area contributed by atoms with Crippen molar-refractivity contribution in [2.75, 3.05) is 19.5 Å². The molecule has 0 saturated carbocycles. The standard InChI is InChI=1S/C23H21ClN4O4/c1-27-11-17(14-5-4-6-16(9-14)31-2)21-22(27)23(30)28(13-25-21)12-20(29)26-18-10-15(24)7-8-19(18)32-3/h4-11,13H,12H2,1-3H3,(H,26,29). The molecule has 2 aromatic carbocycles. The Morgan fingerprint density at radius 3 is 2.72 bits per heavy atom. The van der Waals surface area contributed by atoms with Crippen molar-refractivity contribution in [2.24, 2.45) is 7.05 Å². The fourth-order valence-electron chi connectivity index (χ4n) is 3.55. The molecule has 0 spiro atoms. The lowest BCUT2D eigenvalue weighted by atomic mass is 10.1. The number of nitrogens with zero attached hydrogens (tertiary/aromatic N) is 3. The predicted molar refractivity (Wildman–Crippen MR) is 124 cm³/mol. The van der Waals surface area contributed by atoms with E-state index in [1.54, 1.807) is 36.9 Å². The number of benzene rings is 2. The average molecular weight is 453 g/mol. The number of carbonyl (C=O) groups is 1. The third kappa shape index (κ3) is 4.04. The zero-order valence-corrected chi connectivity index (χ0v) is 18.5. The van der Waals surface area contributed by atoms with Crippen LogP contribution in [-0.4, -0.2) is 34.2 Å². The van der Waals surface area contributed by atoms with Gasteiger partial charge in [0, 0.05) is 23.8 Å². The highest BCUT2D eigenvalue weighted by atomic mass is 35.5. The first-order chi connectivity index (χ1) is 15.4. The smallest absolute Gasteiger partial charge is 0.278 e. The van der Waals surface area contributed by atoms with Gasteiger partial charge in [-0.05, 0) is 35.9 Å². The minimum atomic E-state index is -0.406. The van der Waals surface area contributed by atoms with E-state index in [1.165, 1.54) is 18.0 Å². The molecule has 0 aliphatic rings. The monoisotopic (exact) mass is 452 g/mol. The van der Waals surface area contributed by atoms with E-state index in [0.717, 1.165) is 11.1 Å². The maximum Gasteiger partial charge on any atom is 0.278 e. The summed E-state index contributed by atoms with van der Waals surface area (Å²) in [5.41, 5.74) is 2.74. The van der Waals surface area contributed by atoms with Crippen LogP contribution in [-0.2, 0) is 18.4 Å². The van der Waals surface area contributed by atoms with E-state index in [0.29, 0.717) is 33.2 Å². The molecule has 0 saturated heterocycles. The normalized spacial score (nSPS) is 10.9. The van der Waals surface area contributed by atoms with E-state index < -0.39 is 5.91 Å². The van der Waals surface area contributed by atoms with Crippen molar-refractivity contribution in [2.45, 2.75) is 6.54 Å². The highest BCUT2D eigenvalue weighted by Crippen LogP contribution is 2.30. The SMILES string of the molecule is COc1cccc(-c2cn(C)c3c(=O)n(CC(=O)Nc4cc(Cl)ccc4OC)cnc23)c1. The number of hydrogen-bond donors (Lipinski definition) is 1. The number of ether oxygens (including phenoxy) is 2. The Bertz CT molecular complexity index is 1380. The average Bonchev–Trinajstić information content (AvgIpc) is 3.13. The van der Waals surface area contributed by atoms with Crippen LogP contribution in [0.15, 0.2) is 59.8 Å². The summed E-state index contributed by atoms with van der Waals surface area (Å²) in [6, 6.07) is 12.4. The molecule has 0 fully saturated rings. The van der Waals surface area contributed by atoms with Crippen LogP contribution in [0.1, 0.15) is 0 Å². The number of aryl methyl sites for hydroxylation is 1. The van der Waals surface area contributed by atoms with Gasteiger partial charge in [-0.25, -0.2) is 4.98 Å². The number of amides is 1. The van der Waals surface area contributed by atoms with Crippen LogP contribution in [0.4, 0.5) is 5.69 Å². The highest BCUT2D eigenvalue weighted by molar-refractivity contribution is 6.31. The lowest BCUT2D eigenvalue weighted by Crippen LogP contribution is -2.28. The number of carbonyl (C=O) groups excluding carboxylic acids is 1. The number of halogens is 1. The highest BCUT2D eigenvalue weighted by Gasteiger charge is 2.17. The Hall–Kier alpha value is -3.78. The summed E-state index contributed by atoms with van der Waals surface area (Å²) in [5.74, 6) is 0.769. The van der Waals surface area contributed by atoms with Crippen LogP contribution < -0.4 is 20.3 Å². The van der Waals surface area contributed by atoms with Crippen LogP contribution in [0.2, 0.25) is 5.02 Å². The molecule has 0 aliphatic carbocycles. The third-order valence-electron chi connectivity index (χ3n) is 5.07. The summed E-state index contributed by atoms with van der Waals surface area (Å²) in [7, 11) is 4.87. The van der Waals surface area contributed by atoms with E-state index in [1.807, 2.05) is 30.5 Å². The molecule has 4 aromatic rings. The zero-order chi connectivity index (χ0) is 22.8. The summed E-state index contributed by atoms with van der Waals surface area (Å²) in [4.78, 5) is 30.2. The fraction of sp³-hybridized carbons (Fsp3) is 0.174. The van der Waals surface area contributed by atoms with Crippen molar-refractivity contribution in [3.05, 3.63) is 70.4 Å². The summed E-state index contributed by atoms with van der Waals surface area (Å²) >= 11 is 6.01. The summed E-state index contributed by atoms with van der Waals surface area (Å²) in [6.45, 7) is -0.211. The predicted octanol–water partition coefficient (Wildman–Crippen LogP) is 3.71. The molecule has 0 aliphatic heterocycles. The van der Waals surface area contributed by atoms with Gasteiger partial charge < -0.3 is 19.4 Å². The molecule has 2 aromatic heterocycles. The van der Waals surface area contributed by atoms with Gasteiger partial charge in [-0.15, -0.1) is 0 Å². The van der Waals surface area contributed by atoms with Crippen LogP contribution in [0, 0.1) is 0 Å². The first kappa shape index (κ1) is 21.5. The molecule has 164 valence electrons. The summed E-state index contributed by atoms with van der Waals surface area (Å²) < 4.78 is 13.5. The van der Waals surface area contributed by atoms with E-state index in [2.05, 4.69) is 10.3 Å². The number of rotatable bonds is 6. The number of anilines is 1. The van der Waals surface area contributed by atoms with Crippen molar-refractivity contribution in [3.8, 4) is 22.6 Å². The number of methoxy groups -OCH3 is 2. The van der Waals surface area contributed by atoms with E-state index in [4.69, 9.17) is 21.1 Å². The molecule has 0 radical (unpaired) electrons. The van der Waals surface area contributed by atoms with Gasteiger partial charge in [-0.3, -0.25) is 14.2 Å². The Labute approximate surface area is 189 Å². The molecule has 8 nitrogen and oxygen atoms in total. The van der Waals surface area contributed by atoms with Crippen molar-refractivity contribution < 1.29 is 14.3 Å². The molecular formula is C23H21ClN4O4. The molecule has 0 atom stereocenters. The molecule has 1 amide bonds. The van der Waals surface area contributed by atoms with Crippen molar-refractivity contribution in [1.29, 1.82) is 0 Å². The Morgan fingerprint density at radius 1 is 1.16 bits per heavy atom. The quantitative estimate of drug-likeness (QED) is 0.482. The molecule has 0 bridgehead atoms. The first-order valence-electron chi connectivity index (χ1n) is 9.73. The van der Waals surface area contributed by atoms with Gasteiger partial charge in [0.05, 0.1) is 26.2 Å². The Kier molecular flexibility index (Phi) is 5.87. The van der Waals surface area contributed by atoms with Crippen LogP contribution in [0.25, 0.3) is 22.2 Å². The molecule has 2 heterocycles. The lowest BCUT2D eigenvalue weighted by molar-refractivity contribution is -0.116. The van der Waals surface area contributed by atoms with Gasteiger partial charge >= 0.3 is 0 Å². The Balaban J connectivity index is 1.66. The minimum absolute atomic E-state index is 0.211. The fourth-order valence-corrected chi connectivity index (χ4v) is 3.72. The van der Waals surface area contributed by atoms with Crippen LogP contribution in [0.5, 0.6) is 11.5 Å². The first-order valence-corrected chi connectivity index (χ1v) is 10.1. The van der Waals surface area contributed by atoms with Crippen molar-refractivity contribution in [3.63, 3.8) is 0 Å². The van der Waals surface area contributed by atoms with Gasteiger partial charge in [0.25, 0.3) is 5.56 Å². The molecule has 32 heavy (non-hydrogen) atoms. The minimum Gasteiger partial charge on any atom is -0.497 e. The lowest BCUT2D eigenvalue weighted by Gasteiger charge is -2.11. The zero-order valence-electron chi connectivity index (χ0n) is 17.8. The van der Waals surface area contributed by atoms with Gasteiger partial charge in [0.2, 0.25) is 5.91 Å². The van der Waals surface area contributed by atoms with Crippen LogP contribution in [0.3, 0.4) is 0 Å². The maximum absolute atomic E-state index is 13.1. The van der Waals surface area contributed by atoms with Crippen molar-refractivity contribution in [1.82, 2.24) is 14.1 Å². The van der Waals surface area contributed by atoms with E-state index in [-0.39, 0.29) is 12.1 Å². The summed E-state index contributed by atoms with van der Waals surface area (Å²) in [5, 5.41) is 3.18.